The second kappa shape index (κ2) is 4.78. The molecule has 0 aliphatic carbocycles. The first-order chi connectivity index (χ1) is 8.40. The fourth-order valence-electron chi connectivity index (χ4n) is 2.42. The third-order valence-electron chi connectivity index (χ3n) is 3.30. The van der Waals surface area contributed by atoms with Crippen LogP contribution in [0.15, 0.2) is 17.8 Å². The topological polar surface area (TPSA) is 29.0 Å². The van der Waals surface area contributed by atoms with Crippen LogP contribution in [0, 0.1) is 0 Å². The van der Waals surface area contributed by atoms with Gasteiger partial charge in [-0.25, -0.2) is 9.97 Å². The van der Waals surface area contributed by atoms with Gasteiger partial charge >= 0.3 is 0 Å². The van der Waals surface area contributed by atoms with Gasteiger partial charge in [-0.15, -0.1) is 22.9 Å². The highest BCUT2D eigenvalue weighted by atomic mass is 35.5. The van der Waals surface area contributed by atoms with Crippen molar-refractivity contribution in [1.82, 2.24) is 9.97 Å². The molecular formula is C12H14ClN3S. The zero-order valence-corrected chi connectivity index (χ0v) is 11.0. The summed E-state index contributed by atoms with van der Waals surface area (Å²) < 4.78 is 1.18. The number of halogens is 1. The summed E-state index contributed by atoms with van der Waals surface area (Å²) in [4.78, 5) is 11.1. The Hall–Kier alpha value is -0.870. The molecule has 0 aromatic carbocycles. The lowest BCUT2D eigenvalue weighted by Gasteiger charge is -2.35. The Morgan fingerprint density at radius 3 is 3.24 bits per heavy atom. The molecule has 1 aliphatic rings. The summed E-state index contributed by atoms with van der Waals surface area (Å²) in [6.07, 6.45) is 5.32. The molecule has 2 aromatic heterocycles. The summed E-state index contributed by atoms with van der Waals surface area (Å²) in [6.45, 7) is 1.06. The number of aromatic nitrogens is 2. The quantitative estimate of drug-likeness (QED) is 0.782. The smallest absolute Gasteiger partial charge is 0.150 e. The number of thiophene rings is 1. The van der Waals surface area contributed by atoms with Crippen LogP contribution in [0.3, 0.4) is 0 Å². The molecule has 0 spiro atoms. The minimum atomic E-state index is 0.422. The van der Waals surface area contributed by atoms with E-state index < -0.39 is 0 Å². The van der Waals surface area contributed by atoms with Gasteiger partial charge in [0.1, 0.15) is 12.1 Å². The largest absolute Gasteiger partial charge is 0.351 e. The van der Waals surface area contributed by atoms with Crippen molar-refractivity contribution in [3.63, 3.8) is 0 Å². The molecule has 2 aromatic rings. The Bertz CT molecular complexity index is 513. The third-order valence-corrected chi connectivity index (χ3v) is 4.56. The maximum atomic E-state index is 6.07. The van der Waals surface area contributed by atoms with Crippen molar-refractivity contribution in [3.05, 3.63) is 17.8 Å². The molecule has 0 N–H and O–H groups in total. The first-order valence-corrected chi connectivity index (χ1v) is 7.32. The summed E-state index contributed by atoms with van der Waals surface area (Å²) in [7, 11) is 0. The highest BCUT2D eigenvalue weighted by Crippen LogP contribution is 2.32. The van der Waals surface area contributed by atoms with E-state index in [2.05, 4.69) is 20.2 Å². The summed E-state index contributed by atoms with van der Waals surface area (Å²) in [6, 6.07) is 2.47. The van der Waals surface area contributed by atoms with Crippen molar-refractivity contribution in [1.29, 1.82) is 0 Å². The highest BCUT2D eigenvalue weighted by molar-refractivity contribution is 7.17. The van der Waals surface area contributed by atoms with Gasteiger partial charge < -0.3 is 4.90 Å². The summed E-state index contributed by atoms with van der Waals surface area (Å²) in [5.74, 6) is 1.74. The van der Waals surface area contributed by atoms with Crippen molar-refractivity contribution in [2.24, 2.45) is 0 Å². The summed E-state index contributed by atoms with van der Waals surface area (Å²) in [5, 5.41) is 2.07. The molecule has 1 atom stereocenters. The van der Waals surface area contributed by atoms with E-state index in [0.29, 0.717) is 11.9 Å². The van der Waals surface area contributed by atoms with E-state index in [1.165, 1.54) is 24.0 Å². The van der Waals surface area contributed by atoms with Crippen LogP contribution in [0.2, 0.25) is 0 Å². The lowest BCUT2D eigenvalue weighted by Crippen LogP contribution is -2.41. The van der Waals surface area contributed by atoms with Crippen LogP contribution in [-0.4, -0.2) is 28.4 Å². The number of anilines is 1. The van der Waals surface area contributed by atoms with Gasteiger partial charge in [0.05, 0.1) is 10.2 Å². The number of hydrogen-bond acceptors (Lipinski definition) is 4. The zero-order valence-electron chi connectivity index (χ0n) is 9.47. The monoisotopic (exact) mass is 267 g/mol. The van der Waals surface area contributed by atoms with Crippen molar-refractivity contribution < 1.29 is 0 Å². The summed E-state index contributed by atoms with van der Waals surface area (Å²) in [5.41, 5.74) is 1.04. The minimum absolute atomic E-state index is 0.422. The van der Waals surface area contributed by atoms with Crippen LogP contribution in [0.25, 0.3) is 10.2 Å². The van der Waals surface area contributed by atoms with E-state index in [4.69, 9.17) is 11.6 Å². The molecule has 1 fully saturated rings. The van der Waals surface area contributed by atoms with Gasteiger partial charge in [0.25, 0.3) is 0 Å². The molecule has 1 aliphatic heterocycles. The second-order valence-corrected chi connectivity index (χ2v) is 5.55. The Labute approximate surface area is 109 Å². The van der Waals surface area contributed by atoms with E-state index in [-0.39, 0.29) is 0 Å². The van der Waals surface area contributed by atoms with Gasteiger partial charge in [-0.1, -0.05) is 0 Å². The predicted molar refractivity (Wildman–Crippen MR) is 73.1 cm³/mol. The number of nitrogens with zero attached hydrogens (tertiary/aromatic N) is 3. The second-order valence-electron chi connectivity index (χ2n) is 4.33. The van der Waals surface area contributed by atoms with E-state index in [9.17, 15) is 0 Å². The fraction of sp³-hybridized carbons (Fsp3) is 0.500. The van der Waals surface area contributed by atoms with Crippen molar-refractivity contribution >= 4 is 39.0 Å². The number of alkyl halides is 1. The fourth-order valence-corrected chi connectivity index (χ4v) is 3.59. The van der Waals surface area contributed by atoms with Crippen LogP contribution < -0.4 is 4.90 Å². The lowest BCUT2D eigenvalue weighted by atomic mass is 10.0. The van der Waals surface area contributed by atoms with Crippen molar-refractivity contribution in [3.8, 4) is 0 Å². The number of hydrogen-bond donors (Lipinski definition) is 0. The van der Waals surface area contributed by atoms with Crippen molar-refractivity contribution in [2.75, 3.05) is 17.3 Å². The molecule has 17 heavy (non-hydrogen) atoms. The maximum Gasteiger partial charge on any atom is 0.150 e. The SMILES string of the molecule is ClCC1CCCCN1c1ncnc2ccsc12. The molecule has 90 valence electrons. The average Bonchev–Trinajstić information content (AvgIpc) is 2.86. The molecule has 5 heteroatoms. The molecule has 0 saturated carbocycles. The van der Waals surface area contributed by atoms with Gasteiger partial charge in [-0.05, 0) is 30.7 Å². The highest BCUT2D eigenvalue weighted by Gasteiger charge is 2.24. The van der Waals surface area contributed by atoms with Gasteiger partial charge in [0.2, 0.25) is 0 Å². The van der Waals surface area contributed by atoms with Crippen LogP contribution in [0.1, 0.15) is 19.3 Å². The third kappa shape index (κ3) is 2.00. The van der Waals surface area contributed by atoms with E-state index >= 15 is 0 Å². The van der Waals surface area contributed by atoms with Crippen molar-refractivity contribution in [2.45, 2.75) is 25.3 Å². The number of rotatable bonds is 2. The van der Waals surface area contributed by atoms with Gasteiger partial charge in [0.15, 0.2) is 0 Å². The van der Waals surface area contributed by atoms with Gasteiger partial charge in [-0.2, -0.15) is 0 Å². The molecule has 3 heterocycles. The molecule has 0 amide bonds. The first kappa shape index (κ1) is 11.2. The van der Waals surface area contributed by atoms with Crippen LogP contribution >= 0.6 is 22.9 Å². The Kier molecular flexibility index (Phi) is 3.16. The Morgan fingerprint density at radius 2 is 2.35 bits per heavy atom. The number of piperidine rings is 1. The van der Waals surface area contributed by atoms with E-state index in [1.807, 2.05) is 6.07 Å². The zero-order chi connectivity index (χ0) is 11.7. The average molecular weight is 268 g/mol. The van der Waals surface area contributed by atoms with E-state index in [0.717, 1.165) is 17.9 Å². The van der Waals surface area contributed by atoms with E-state index in [1.54, 1.807) is 17.7 Å². The van der Waals surface area contributed by atoms with Crippen LogP contribution in [-0.2, 0) is 0 Å². The molecule has 0 bridgehead atoms. The minimum Gasteiger partial charge on any atom is -0.351 e. The van der Waals surface area contributed by atoms with Gasteiger partial charge in [-0.3, -0.25) is 0 Å². The molecule has 1 saturated heterocycles. The van der Waals surface area contributed by atoms with Crippen LogP contribution in [0.5, 0.6) is 0 Å². The van der Waals surface area contributed by atoms with Crippen LogP contribution in [0.4, 0.5) is 5.82 Å². The Morgan fingerprint density at radius 1 is 1.41 bits per heavy atom. The summed E-state index contributed by atoms with van der Waals surface area (Å²) >= 11 is 7.78. The number of fused-ring (bicyclic) bond motifs is 1. The standard InChI is InChI=1S/C12H14ClN3S/c13-7-9-3-1-2-5-16(9)12-11-10(4-6-17-11)14-8-15-12/h4,6,8-9H,1-3,5,7H2. The predicted octanol–water partition coefficient (Wildman–Crippen LogP) is 3.29. The first-order valence-electron chi connectivity index (χ1n) is 5.91. The lowest BCUT2D eigenvalue weighted by molar-refractivity contribution is 0.485. The molecular weight excluding hydrogens is 254 g/mol. The van der Waals surface area contributed by atoms with Gasteiger partial charge in [0, 0.05) is 18.5 Å². The Balaban J connectivity index is 2.04. The normalized spacial score (nSPS) is 21.0. The molecule has 3 nitrogen and oxygen atoms in total. The molecule has 3 rings (SSSR count). The molecule has 1 unspecified atom stereocenters. The maximum absolute atomic E-state index is 6.07. The molecule has 0 radical (unpaired) electrons.